The van der Waals surface area contributed by atoms with Crippen molar-refractivity contribution in [1.29, 1.82) is 0 Å². The quantitative estimate of drug-likeness (QED) is 0.927. The molecule has 0 saturated carbocycles. The van der Waals surface area contributed by atoms with E-state index in [9.17, 15) is 8.42 Å². The van der Waals surface area contributed by atoms with Gasteiger partial charge < -0.3 is 5.32 Å². The van der Waals surface area contributed by atoms with Crippen molar-refractivity contribution in [1.82, 2.24) is 4.31 Å². The highest BCUT2D eigenvalue weighted by molar-refractivity contribution is 7.89. The van der Waals surface area contributed by atoms with Gasteiger partial charge in [-0.25, -0.2) is 8.42 Å². The van der Waals surface area contributed by atoms with Gasteiger partial charge in [0.2, 0.25) is 10.0 Å². The van der Waals surface area contributed by atoms with Crippen LogP contribution in [-0.2, 0) is 10.0 Å². The van der Waals surface area contributed by atoms with Gasteiger partial charge in [-0.1, -0.05) is 20.8 Å². The molecule has 0 heterocycles. The lowest BCUT2D eigenvalue weighted by molar-refractivity contribution is 0.216. The molecule has 4 nitrogen and oxygen atoms in total. The molecule has 0 aliphatic carbocycles. The third-order valence-electron chi connectivity index (χ3n) is 4.18. The molecular formula is C16H28N2O2S. The molecule has 0 radical (unpaired) electrons. The second kappa shape index (κ2) is 5.97. The summed E-state index contributed by atoms with van der Waals surface area (Å²) in [6, 6.07) is 3.65. The highest BCUT2D eigenvalue weighted by atomic mass is 32.2. The predicted octanol–water partition coefficient (Wildman–Crippen LogP) is 3.40. The fourth-order valence-electron chi connectivity index (χ4n) is 2.40. The van der Waals surface area contributed by atoms with Gasteiger partial charge in [-0.05, 0) is 49.4 Å². The highest BCUT2D eigenvalue weighted by Gasteiger charge is 2.34. The molecule has 1 N–H and O–H groups in total. The minimum absolute atomic E-state index is 0.0923. The zero-order chi connectivity index (χ0) is 16.6. The summed E-state index contributed by atoms with van der Waals surface area (Å²) in [5.74, 6) is 0. The van der Waals surface area contributed by atoms with E-state index in [2.05, 4.69) is 5.32 Å². The van der Waals surface area contributed by atoms with Crippen LogP contribution in [-0.4, -0.2) is 32.9 Å². The summed E-state index contributed by atoms with van der Waals surface area (Å²) in [5, 5.41) is 3.06. The Kier molecular flexibility index (Phi) is 5.11. The van der Waals surface area contributed by atoms with E-state index in [1.54, 1.807) is 7.05 Å². The van der Waals surface area contributed by atoms with Crippen molar-refractivity contribution in [3.8, 4) is 0 Å². The number of benzene rings is 1. The van der Waals surface area contributed by atoms with Crippen LogP contribution in [0.5, 0.6) is 0 Å². The van der Waals surface area contributed by atoms with Crippen LogP contribution in [0.1, 0.15) is 38.8 Å². The number of hydrogen-bond donors (Lipinski definition) is 1. The van der Waals surface area contributed by atoms with Gasteiger partial charge in [0, 0.05) is 25.8 Å². The highest BCUT2D eigenvalue weighted by Crippen LogP contribution is 2.31. The third-order valence-corrected chi connectivity index (χ3v) is 6.42. The summed E-state index contributed by atoms with van der Waals surface area (Å²) >= 11 is 0. The molecule has 0 saturated heterocycles. The summed E-state index contributed by atoms with van der Waals surface area (Å²) in [6.45, 7) is 11.8. The van der Waals surface area contributed by atoms with Crippen molar-refractivity contribution in [2.75, 3.05) is 19.4 Å². The largest absolute Gasteiger partial charge is 0.388 e. The molecule has 0 fully saturated rings. The van der Waals surface area contributed by atoms with E-state index in [1.165, 1.54) is 4.31 Å². The normalized spacial score (nSPS) is 14.3. The minimum atomic E-state index is -3.50. The molecule has 120 valence electrons. The summed E-state index contributed by atoms with van der Waals surface area (Å²) in [7, 11) is -0.00977. The second-order valence-electron chi connectivity index (χ2n) is 6.75. The average Bonchev–Trinajstić information content (AvgIpc) is 2.34. The number of rotatable bonds is 4. The van der Waals surface area contributed by atoms with Crippen LogP contribution in [0.2, 0.25) is 0 Å². The van der Waals surface area contributed by atoms with Crippen molar-refractivity contribution in [2.24, 2.45) is 5.41 Å². The van der Waals surface area contributed by atoms with Gasteiger partial charge in [0.25, 0.3) is 0 Å². The first-order valence-electron chi connectivity index (χ1n) is 7.20. The standard InChI is InChI=1S/C16H28N2O2S/c1-11-9-14(17-7)10-12(2)15(11)21(19,20)18(8)13(3)16(4,5)6/h9-10,13,17H,1-8H3. The molecule has 1 aromatic rings. The van der Waals surface area contributed by atoms with E-state index in [0.717, 1.165) is 16.8 Å². The first kappa shape index (κ1) is 18.0. The van der Waals surface area contributed by atoms with E-state index in [-0.39, 0.29) is 11.5 Å². The maximum absolute atomic E-state index is 13.0. The predicted molar refractivity (Wildman–Crippen MR) is 89.3 cm³/mol. The molecule has 1 unspecified atom stereocenters. The lowest BCUT2D eigenvalue weighted by Gasteiger charge is -2.35. The van der Waals surface area contributed by atoms with E-state index >= 15 is 0 Å². The van der Waals surface area contributed by atoms with Crippen LogP contribution < -0.4 is 5.32 Å². The first-order chi connectivity index (χ1) is 9.42. The molecule has 0 aliphatic rings. The van der Waals surface area contributed by atoms with Gasteiger partial charge in [-0.2, -0.15) is 4.31 Å². The zero-order valence-electron chi connectivity index (χ0n) is 14.4. The Morgan fingerprint density at radius 2 is 1.57 bits per heavy atom. The Labute approximate surface area is 129 Å². The Balaban J connectivity index is 3.39. The van der Waals surface area contributed by atoms with E-state index in [4.69, 9.17) is 0 Å². The summed E-state index contributed by atoms with van der Waals surface area (Å²) < 4.78 is 27.4. The van der Waals surface area contributed by atoms with Gasteiger partial charge in [-0.15, -0.1) is 0 Å². The Hall–Kier alpha value is -1.07. The fourth-order valence-corrected chi connectivity index (χ4v) is 4.35. The van der Waals surface area contributed by atoms with Gasteiger partial charge in [0.1, 0.15) is 0 Å². The molecule has 21 heavy (non-hydrogen) atoms. The number of nitrogens with zero attached hydrogens (tertiary/aromatic N) is 1. The summed E-state index contributed by atoms with van der Waals surface area (Å²) in [6.07, 6.45) is 0. The fraction of sp³-hybridized carbons (Fsp3) is 0.625. The van der Waals surface area contributed by atoms with Crippen LogP contribution in [0.3, 0.4) is 0 Å². The van der Waals surface area contributed by atoms with Crippen LogP contribution in [0.4, 0.5) is 5.69 Å². The summed E-state index contributed by atoms with van der Waals surface area (Å²) in [4.78, 5) is 0.417. The Morgan fingerprint density at radius 3 is 1.90 bits per heavy atom. The van der Waals surface area contributed by atoms with Crippen LogP contribution >= 0.6 is 0 Å². The molecule has 1 rings (SSSR count). The number of nitrogens with one attached hydrogen (secondary N) is 1. The molecule has 0 amide bonds. The van der Waals surface area contributed by atoms with Gasteiger partial charge in [0.05, 0.1) is 4.90 Å². The number of aryl methyl sites for hydroxylation is 2. The number of sulfonamides is 1. The van der Waals surface area contributed by atoms with E-state index < -0.39 is 10.0 Å². The topological polar surface area (TPSA) is 49.4 Å². The maximum Gasteiger partial charge on any atom is 0.243 e. The lowest BCUT2D eigenvalue weighted by Crippen LogP contribution is -2.43. The van der Waals surface area contributed by atoms with E-state index in [1.807, 2.05) is 60.7 Å². The van der Waals surface area contributed by atoms with Gasteiger partial charge in [0.15, 0.2) is 0 Å². The number of hydrogen-bond acceptors (Lipinski definition) is 3. The van der Waals surface area contributed by atoms with Gasteiger partial charge >= 0.3 is 0 Å². The zero-order valence-corrected chi connectivity index (χ0v) is 15.2. The van der Waals surface area contributed by atoms with Crippen molar-refractivity contribution in [2.45, 2.75) is 52.5 Å². The van der Waals surface area contributed by atoms with E-state index in [0.29, 0.717) is 4.90 Å². The Bertz CT molecular complexity index is 593. The molecule has 0 aromatic heterocycles. The molecule has 0 aliphatic heterocycles. The van der Waals surface area contributed by atoms with Crippen LogP contribution in [0, 0.1) is 19.3 Å². The smallest absolute Gasteiger partial charge is 0.243 e. The van der Waals surface area contributed by atoms with Gasteiger partial charge in [-0.3, -0.25) is 0 Å². The number of anilines is 1. The van der Waals surface area contributed by atoms with Crippen molar-refractivity contribution < 1.29 is 8.42 Å². The van der Waals surface area contributed by atoms with Crippen molar-refractivity contribution in [3.63, 3.8) is 0 Å². The van der Waals surface area contributed by atoms with Crippen molar-refractivity contribution >= 4 is 15.7 Å². The average molecular weight is 312 g/mol. The maximum atomic E-state index is 13.0. The lowest BCUT2D eigenvalue weighted by atomic mass is 9.88. The molecule has 5 heteroatoms. The monoisotopic (exact) mass is 312 g/mol. The first-order valence-corrected chi connectivity index (χ1v) is 8.64. The molecule has 1 atom stereocenters. The molecule has 0 spiro atoms. The van der Waals surface area contributed by atoms with Crippen LogP contribution in [0.25, 0.3) is 0 Å². The molecule has 0 bridgehead atoms. The molecule has 1 aromatic carbocycles. The Morgan fingerprint density at radius 1 is 1.14 bits per heavy atom. The SMILES string of the molecule is CNc1cc(C)c(S(=O)(=O)N(C)C(C)C(C)(C)C)c(C)c1. The molecular weight excluding hydrogens is 284 g/mol. The third kappa shape index (κ3) is 3.58. The second-order valence-corrected chi connectivity index (χ2v) is 8.69. The minimum Gasteiger partial charge on any atom is -0.388 e. The summed E-state index contributed by atoms with van der Waals surface area (Å²) in [5.41, 5.74) is 2.35. The van der Waals surface area contributed by atoms with Crippen LogP contribution in [0.15, 0.2) is 17.0 Å². The van der Waals surface area contributed by atoms with Crippen molar-refractivity contribution in [3.05, 3.63) is 23.3 Å².